The SMILES string of the molecule is COc1ccc(-c2cnc3nc(-c4cc(NC(=O)c5oc(C)nc5C)ccc4F)nn3c2)cn1. The topological polar surface area (TPSA) is 120 Å². The lowest BCUT2D eigenvalue weighted by Gasteiger charge is -2.06. The Morgan fingerprint density at radius 2 is 1.91 bits per heavy atom. The van der Waals surface area contributed by atoms with Crippen LogP contribution in [0.15, 0.2) is 53.3 Å². The molecule has 4 aromatic heterocycles. The normalized spacial score (nSPS) is 11.1. The summed E-state index contributed by atoms with van der Waals surface area (Å²) in [5.41, 5.74) is 2.49. The zero-order valence-corrected chi connectivity index (χ0v) is 18.4. The Kier molecular flexibility index (Phi) is 5.21. The third-order valence-electron chi connectivity index (χ3n) is 5.05. The van der Waals surface area contributed by atoms with Crippen molar-refractivity contribution in [1.29, 1.82) is 0 Å². The average molecular weight is 459 g/mol. The molecule has 0 aliphatic carbocycles. The Labute approximate surface area is 192 Å². The van der Waals surface area contributed by atoms with Crippen molar-refractivity contribution in [3.05, 3.63) is 72.1 Å². The number of aryl methyl sites for hydroxylation is 2. The minimum Gasteiger partial charge on any atom is -0.481 e. The Balaban J connectivity index is 1.45. The molecule has 0 unspecified atom stereocenters. The van der Waals surface area contributed by atoms with Crippen molar-refractivity contribution >= 4 is 17.4 Å². The third-order valence-corrected chi connectivity index (χ3v) is 5.05. The van der Waals surface area contributed by atoms with Crippen LogP contribution in [0.3, 0.4) is 0 Å². The van der Waals surface area contributed by atoms with Gasteiger partial charge in [-0.05, 0) is 31.2 Å². The van der Waals surface area contributed by atoms with Gasteiger partial charge in [-0.1, -0.05) is 0 Å². The summed E-state index contributed by atoms with van der Waals surface area (Å²) in [5.74, 6) is 0.363. The molecule has 0 radical (unpaired) electrons. The first-order valence-corrected chi connectivity index (χ1v) is 10.2. The van der Waals surface area contributed by atoms with E-state index in [0.717, 1.165) is 11.1 Å². The molecule has 4 heterocycles. The first-order chi connectivity index (χ1) is 16.4. The van der Waals surface area contributed by atoms with Crippen LogP contribution < -0.4 is 10.1 Å². The number of amides is 1. The summed E-state index contributed by atoms with van der Waals surface area (Å²) in [6, 6.07) is 7.71. The predicted molar refractivity (Wildman–Crippen MR) is 120 cm³/mol. The molecule has 1 aromatic carbocycles. The van der Waals surface area contributed by atoms with Gasteiger partial charge < -0.3 is 14.5 Å². The Hall–Kier alpha value is -4.67. The molecule has 170 valence electrons. The second-order valence-electron chi connectivity index (χ2n) is 7.41. The number of fused-ring (bicyclic) bond motifs is 1. The quantitative estimate of drug-likeness (QED) is 0.421. The highest BCUT2D eigenvalue weighted by Crippen LogP contribution is 2.26. The van der Waals surface area contributed by atoms with Gasteiger partial charge >= 0.3 is 0 Å². The lowest BCUT2D eigenvalue weighted by Crippen LogP contribution is -2.12. The van der Waals surface area contributed by atoms with Crippen molar-refractivity contribution in [1.82, 2.24) is 29.5 Å². The molecule has 0 aliphatic rings. The van der Waals surface area contributed by atoms with Crippen molar-refractivity contribution in [3.63, 3.8) is 0 Å². The van der Waals surface area contributed by atoms with Crippen molar-refractivity contribution in [2.24, 2.45) is 0 Å². The van der Waals surface area contributed by atoms with Crippen LogP contribution in [0.5, 0.6) is 5.88 Å². The average Bonchev–Trinajstić information content (AvgIpc) is 3.42. The standard InChI is InChI=1S/C23H18FN7O3/c1-12-20(34-13(2)27-12)22(32)28-16-5-6-18(24)17(8-16)21-29-23-26-10-15(11-31(23)30-21)14-4-7-19(33-3)25-9-14/h4-11H,1-3H3,(H,28,32). The van der Waals surface area contributed by atoms with Crippen LogP contribution >= 0.6 is 0 Å². The second kappa shape index (κ2) is 8.35. The number of nitrogens with one attached hydrogen (secondary N) is 1. The van der Waals surface area contributed by atoms with E-state index in [9.17, 15) is 9.18 Å². The van der Waals surface area contributed by atoms with Crippen molar-refractivity contribution in [2.45, 2.75) is 13.8 Å². The molecule has 0 spiro atoms. The molecule has 5 aromatic rings. The number of pyridine rings is 1. The molecule has 0 atom stereocenters. The van der Waals surface area contributed by atoms with Crippen LogP contribution in [0.4, 0.5) is 10.1 Å². The number of halogens is 1. The van der Waals surface area contributed by atoms with E-state index in [1.54, 1.807) is 45.6 Å². The molecule has 34 heavy (non-hydrogen) atoms. The summed E-state index contributed by atoms with van der Waals surface area (Å²) < 4.78 is 26.5. The highest BCUT2D eigenvalue weighted by molar-refractivity contribution is 6.03. The van der Waals surface area contributed by atoms with Crippen molar-refractivity contribution in [3.8, 4) is 28.4 Å². The van der Waals surface area contributed by atoms with E-state index in [1.165, 1.54) is 22.7 Å². The maximum atomic E-state index is 14.7. The van der Waals surface area contributed by atoms with Gasteiger partial charge in [-0.2, -0.15) is 4.98 Å². The molecule has 0 saturated heterocycles. The van der Waals surface area contributed by atoms with Crippen LogP contribution in [0.25, 0.3) is 28.3 Å². The van der Waals surface area contributed by atoms with Gasteiger partial charge in [0.1, 0.15) is 5.82 Å². The lowest BCUT2D eigenvalue weighted by molar-refractivity contribution is 0.0994. The van der Waals surface area contributed by atoms with Crippen LogP contribution in [-0.2, 0) is 0 Å². The van der Waals surface area contributed by atoms with E-state index in [2.05, 4.69) is 30.4 Å². The molecule has 1 amide bonds. The summed E-state index contributed by atoms with van der Waals surface area (Å²) in [5, 5.41) is 7.07. The zero-order valence-electron chi connectivity index (χ0n) is 18.4. The molecular formula is C23H18FN7O3. The number of carbonyl (C=O) groups is 1. The van der Waals surface area contributed by atoms with Gasteiger partial charge in [0.15, 0.2) is 11.7 Å². The van der Waals surface area contributed by atoms with E-state index in [4.69, 9.17) is 9.15 Å². The van der Waals surface area contributed by atoms with Gasteiger partial charge in [0.05, 0.1) is 18.4 Å². The van der Waals surface area contributed by atoms with E-state index < -0.39 is 11.7 Å². The van der Waals surface area contributed by atoms with Gasteiger partial charge in [0.25, 0.3) is 11.7 Å². The summed E-state index contributed by atoms with van der Waals surface area (Å²) >= 11 is 0. The number of nitrogens with zero attached hydrogens (tertiary/aromatic N) is 6. The smallest absolute Gasteiger partial charge is 0.293 e. The number of oxazole rings is 1. The molecular weight excluding hydrogens is 441 g/mol. The first kappa shape index (κ1) is 21.2. The summed E-state index contributed by atoms with van der Waals surface area (Å²) in [6.45, 7) is 3.32. The van der Waals surface area contributed by atoms with Crippen LogP contribution in [0, 0.1) is 19.7 Å². The zero-order chi connectivity index (χ0) is 23.8. The highest BCUT2D eigenvalue weighted by atomic mass is 19.1. The van der Waals surface area contributed by atoms with Crippen molar-refractivity contribution < 1.29 is 18.3 Å². The van der Waals surface area contributed by atoms with Crippen molar-refractivity contribution in [2.75, 3.05) is 12.4 Å². The summed E-state index contributed by atoms with van der Waals surface area (Å²) in [6.07, 6.45) is 5.01. The molecule has 5 rings (SSSR count). The van der Waals surface area contributed by atoms with E-state index >= 15 is 0 Å². The summed E-state index contributed by atoms with van der Waals surface area (Å²) in [7, 11) is 1.54. The fraction of sp³-hybridized carbons (Fsp3) is 0.130. The molecule has 1 N–H and O–H groups in total. The van der Waals surface area contributed by atoms with Gasteiger partial charge in [-0.3, -0.25) is 4.79 Å². The number of hydrogen-bond acceptors (Lipinski definition) is 8. The fourth-order valence-electron chi connectivity index (χ4n) is 3.42. The highest BCUT2D eigenvalue weighted by Gasteiger charge is 2.18. The number of hydrogen-bond donors (Lipinski definition) is 1. The maximum absolute atomic E-state index is 14.7. The molecule has 0 aliphatic heterocycles. The minimum atomic E-state index is -0.542. The predicted octanol–water partition coefficient (Wildman–Crippen LogP) is 3.86. The Morgan fingerprint density at radius 3 is 2.62 bits per heavy atom. The number of rotatable bonds is 5. The van der Waals surface area contributed by atoms with E-state index in [1.807, 2.05) is 6.07 Å². The van der Waals surface area contributed by atoms with Crippen LogP contribution in [0.2, 0.25) is 0 Å². The lowest BCUT2D eigenvalue weighted by atomic mass is 10.1. The van der Waals surface area contributed by atoms with E-state index in [-0.39, 0.29) is 17.1 Å². The maximum Gasteiger partial charge on any atom is 0.293 e. The second-order valence-corrected chi connectivity index (χ2v) is 7.41. The van der Waals surface area contributed by atoms with Crippen LogP contribution in [-0.4, -0.2) is 42.6 Å². The third kappa shape index (κ3) is 3.94. The van der Waals surface area contributed by atoms with Gasteiger partial charge in [-0.25, -0.2) is 23.9 Å². The van der Waals surface area contributed by atoms with Gasteiger partial charge in [0, 0.05) is 48.4 Å². The number of aromatic nitrogens is 6. The van der Waals surface area contributed by atoms with Gasteiger partial charge in [-0.15, -0.1) is 5.10 Å². The summed E-state index contributed by atoms with van der Waals surface area (Å²) in [4.78, 5) is 29.5. The number of methoxy groups -OCH3 is 1. The first-order valence-electron chi connectivity index (χ1n) is 10.2. The monoisotopic (exact) mass is 459 g/mol. The number of ether oxygens (including phenoxy) is 1. The number of carbonyl (C=O) groups excluding carboxylic acids is 1. The molecule has 0 bridgehead atoms. The number of anilines is 1. The Bertz CT molecular complexity index is 1530. The molecule has 0 saturated carbocycles. The Morgan fingerprint density at radius 1 is 1.09 bits per heavy atom. The number of benzene rings is 1. The minimum absolute atomic E-state index is 0.0963. The van der Waals surface area contributed by atoms with Gasteiger partial charge in [0.2, 0.25) is 11.6 Å². The largest absolute Gasteiger partial charge is 0.481 e. The van der Waals surface area contributed by atoms with E-state index in [0.29, 0.717) is 28.9 Å². The van der Waals surface area contributed by atoms with Crippen LogP contribution in [0.1, 0.15) is 22.1 Å². The molecule has 10 nitrogen and oxygen atoms in total. The fourth-order valence-corrected chi connectivity index (χ4v) is 3.42. The molecule has 0 fully saturated rings. The molecule has 11 heteroatoms.